The van der Waals surface area contributed by atoms with Crippen LogP contribution in [0.25, 0.3) is 0 Å². The van der Waals surface area contributed by atoms with Crippen LogP contribution in [0.3, 0.4) is 0 Å². The maximum Gasteiger partial charge on any atom is 0.416 e. The number of carbonyl (C=O) groups is 1. The first kappa shape index (κ1) is 18.5. The highest BCUT2D eigenvalue weighted by molar-refractivity contribution is 7.90. The molecule has 2 atom stereocenters. The molecule has 1 amide bonds. The minimum atomic E-state index is -4.46. The van der Waals surface area contributed by atoms with Gasteiger partial charge in [-0.3, -0.25) is 4.79 Å². The molecule has 8 heteroatoms. The van der Waals surface area contributed by atoms with E-state index in [0.29, 0.717) is 5.56 Å². The zero-order chi connectivity index (χ0) is 17.1. The Morgan fingerprint density at radius 2 is 1.86 bits per heavy atom. The molecule has 0 spiro atoms. The maximum atomic E-state index is 12.7. The first-order valence-electron chi connectivity index (χ1n) is 6.55. The third kappa shape index (κ3) is 5.67. The van der Waals surface area contributed by atoms with Crippen LogP contribution >= 0.6 is 0 Å². The van der Waals surface area contributed by atoms with E-state index >= 15 is 0 Å². The van der Waals surface area contributed by atoms with Crippen LogP contribution in [-0.4, -0.2) is 26.3 Å². The molecule has 0 heterocycles. The summed E-state index contributed by atoms with van der Waals surface area (Å²) in [4.78, 5) is 11.9. The Labute approximate surface area is 127 Å². The first-order chi connectivity index (χ1) is 9.90. The molecular formula is C14H18F3NO3S. The third-order valence-corrected chi connectivity index (χ3v) is 4.18. The van der Waals surface area contributed by atoms with E-state index in [0.717, 1.165) is 18.4 Å². The molecule has 1 aromatic carbocycles. The summed E-state index contributed by atoms with van der Waals surface area (Å²) >= 11 is 0. The van der Waals surface area contributed by atoms with E-state index in [1.165, 1.54) is 19.1 Å². The normalized spacial score (nSPS) is 15.2. The molecule has 0 aliphatic heterocycles. The number of sulfone groups is 1. The summed E-state index contributed by atoms with van der Waals surface area (Å²) in [6.45, 7) is 3.00. The zero-order valence-electron chi connectivity index (χ0n) is 12.4. The predicted molar refractivity (Wildman–Crippen MR) is 76.9 cm³/mol. The average molecular weight is 337 g/mol. The number of benzene rings is 1. The van der Waals surface area contributed by atoms with E-state index in [1.807, 2.05) is 0 Å². The summed E-state index contributed by atoms with van der Waals surface area (Å²) in [6.07, 6.45) is -3.43. The molecular weight excluding hydrogens is 319 g/mol. The van der Waals surface area contributed by atoms with Crippen LogP contribution in [0.5, 0.6) is 0 Å². The highest BCUT2D eigenvalue weighted by Crippen LogP contribution is 2.30. The summed E-state index contributed by atoms with van der Waals surface area (Å²) in [6, 6.07) is 4.00. The summed E-state index contributed by atoms with van der Waals surface area (Å²) in [7, 11) is -3.30. The second-order valence-electron chi connectivity index (χ2n) is 5.35. The van der Waals surface area contributed by atoms with Gasteiger partial charge in [-0.25, -0.2) is 8.42 Å². The molecule has 4 nitrogen and oxygen atoms in total. The Bertz CT molecular complexity index is 641. The number of hydrogen-bond donors (Lipinski definition) is 1. The second-order valence-corrected chi connectivity index (χ2v) is 7.53. The quantitative estimate of drug-likeness (QED) is 0.898. The molecule has 0 fully saturated rings. The van der Waals surface area contributed by atoms with Gasteiger partial charge in [0.1, 0.15) is 9.84 Å². The van der Waals surface area contributed by atoms with Crippen molar-refractivity contribution < 1.29 is 26.4 Å². The molecule has 0 saturated heterocycles. The van der Waals surface area contributed by atoms with Gasteiger partial charge in [-0.15, -0.1) is 0 Å². The van der Waals surface area contributed by atoms with Gasteiger partial charge in [0, 0.05) is 12.2 Å². The number of rotatable bonds is 5. The SMILES string of the molecule is C[C@H](NC(=O)[C@@H](C)CS(C)(=O)=O)c1cccc(C(F)(F)F)c1. The van der Waals surface area contributed by atoms with Crippen molar-refractivity contribution in [3.05, 3.63) is 35.4 Å². The molecule has 124 valence electrons. The van der Waals surface area contributed by atoms with Crippen molar-refractivity contribution in [2.24, 2.45) is 5.92 Å². The van der Waals surface area contributed by atoms with Gasteiger partial charge in [-0.2, -0.15) is 13.2 Å². The molecule has 1 aromatic rings. The number of hydrogen-bond acceptors (Lipinski definition) is 3. The number of carbonyl (C=O) groups excluding carboxylic acids is 1. The molecule has 0 unspecified atom stereocenters. The van der Waals surface area contributed by atoms with Crippen molar-refractivity contribution in [3.8, 4) is 0 Å². The molecule has 0 aliphatic rings. The van der Waals surface area contributed by atoms with Crippen molar-refractivity contribution in [1.29, 1.82) is 0 Å². The van der Waals surface area contributed by atoms with Gasteiger partial charge >= 0.3 is 6.18 Å². The van der Waals surface area contributed by atoms with E-state index < -0.39 is 39.4 Å². The average Bonchev–Trinajstić information content (AvgIpc) is 2.35. The number of halogens is 3. The zero-order valence-corrected chi connectivity index (χ0v) is 13.3. The van der Waals surface area contributed by atoms with E-state index in [4.69, 9.17) is 0 Å². The van der Waals surface area contributed by atoms with Crippen LogP contribution < -0.4 is 5.32 Å². The fraction of sp³-hybridized carbons (Fsp3) is 0.500. The predicted octanol–water partition coefficient (Wildman–Crippen LogP) is 2.56. The van der Waals surface area contributed by atoms with Crippen LogP contribution in [0, 0.1) is 5.92 Å². The Morgan fingerprint density at radius 3 is 2.36 bits per heavy atom. The summed E-state index contributed by atoms with van der Waals surface area (Å²) in [5.41, 5.74) is -0.495. The van der Waals surface area contributed by atoms with Crippen molar-refractivity contribution >= 4 is 15.7 Å². The standard InChI is InChI=1S/C14H18F3NO3S/c1-9(8-22(3,20)21)13(19)18-10(2)11-5-4-6-12(7-11)14(15,16)17/h4-7,9-10H,8H2,1-3H3,(H,18,19)/t9-,10-/m0/s1. The topological polar surface area (TPSA) is 63.2 Å². The lowest BCUT2D eigenvalue weighted by Crippen LogP contribution is -2.34. The molecule has 0 aliphatic carbocycles. The molecule has 0 bridgehead atoms. The van der Waals surface area contributed by atoms with Crippen LogP contribution in [0.15, 0.2) is 24.3 Å². The monoisotopic (exact) mass is 337 g/mol. The number of nitrogens with one attached hydrogen (secondary N) is 1. The number of amides is 1. The van der Waals surface area contributed by atoms with E-state index in [-0.39, 0.29) is 5.75 Å². The van der Waals surface area contributed by atoms with Crippen LogP contribution in [0.1, 0.15) is 31.0 Å². The molecule has 1 N–H and O–H groups in total. The van der Waals surface area contributed by atoms with Gasteiger partial charge in [0.05, 0.1) is 17.4 Å². The van der Waals surface area contributed by atoms with E-state index in [2.05, 4.69) is 5.32 Å². The fourth-order valence-electron chi connectivity index (χ4n) is 1.95. The molecule has 0 radical (unpaired) electrons. The minimum absolute atomic E-state index is 0.301. The Balaban J connectivity index is 2.81. The van der Waals surface area contributed by atoms with E-state index in [1.54, 1.807) is 6.92 Å². The third-order valence-electron chi connectivity index (χ3n) is 3.07. The summed E-state index contributed by atoms with van der Waals surface area (Å²) in [5, 5.41) is 2.53. The molecule has 0 aromatic heterocycles. The lowest BCUT2D eigenvalue weighted by molar-refractivity contribution is -0.137. The Hall–Kier alpha value is -1.57. The van der Waals surface area contributed by atoms with E-state index in [9.17, 15) is 26.4 Å². The Kier molecular flexibility index (Phi) is 5.61. The fourth-order valence-corrected chi connectivity index (χ4v) is 3.01. The summed E-state index contributed by atoms with van der Waals surface area (Å²) in [5.74, 6) is -1.60. The van der Waals surface area contributed by atoms with Gasteiger partial charge in [-0.05, 0) is 24.6 Å². The van der Waals surface area contributed by atoms with Gasteiger partial charge in [0.25, 0.3) is 0 Å². The van der Waals surface area contributed by atoms with Crippen molar-refractivity contribution in [1.82, 2.24) is 5.32 Å². The highest BCUT2D eigenvalue weighted by Gasteiger charge is 2.31. The van der Waals surface area contributed by atoms with Gasteiger partial charge in [0.15, 0.2) is 0 Å². The molecule has 1 rings (SSSR count). The van der Waals surface area contributed by atoms with Crippen LogP contribution in [0.2, 0.25) is 0 Å². The Morgan fingerprint density at radius 1 is 1.27 bits per heavy atom. The molecule has 22 heavy (non-hydrogen) atoms. The molecule has 0 saturated carbocycles. The largest absolute Gasteiger partial charge is 0.416 e. The van der Waals surface area contributed by atoms with Gasteiger partial charge in [-0.1, -0.05) is 19.1 Å². The van der Waals surface area contributed by atoms with Crippen molar-refractivity contribution in [2.75, 3.05) is 12.0 Å². The van der Waals surface area contributed by atoms with Crippen molar-refractivity contribution in [3.63, 3.8) is 0 Å². The lowest BCUT2D eigenvalue weighted by atomic mass is 10.0. The lowest BCUT2D eigenvalue weighted by Gasteiger charge is -2.18. The van der Waals surface area contributed by atoms with Gasteiger partial charge < -0.3 is 5.32 Å². The summed E-state index contributed by atoms with van der Waals surface area (Å²) < 4.78 is 60.3. The number of alkyl halides is 3. The maximum absolute atomic E-state index is 12.7. The second kappa shape index (κ2) is 6.68. The smallest absolute Gasteiger partial charge is 0.349 e. The minimum Gasteiger partial charge on any atom is -0.349 e. The van der Waals surface area contributed by atoms with Crippen molar-refractivity contribution in [2.45, 2.75) is 26.1 Å². The van der Waals surface area contributed by atoms with Gasteiger partial charge in [0.2, 0.25) is 5.91 Å². The first-order valence-corrected chi connectivity index (χ1v) is 8.61. The highest BCUT2D eigenvalue weighted by atomic mass is 32.2. The van der Waals surface area contributed by atoms with Crippen LogP contribution in [-0.2, 0) is 20.8 Å². The van der Waals surface area contributed by atoms with Crippen LogP contribution in [0.4, 0.5) is 13.2 Å².